The second-order valence-electron chi connectivity index (χ2n) is 5.58. The fraction of sp³-hybridized carbons (Fsp3) is 0.235. The molecule has 0 spiro atoms. The van der Waals surface area contributed by atoms with Gasteiger partial charge in [0.1, 0.15) is 10.6 Å². The van der Waals surface area contributed by atoms with Gasteiger partial charge in [-0.15, -0.1) is 0 Å². The van der Waals surface area contributed by atoms with Gasteiger partial charge in [-0.25, -0.2) is 8.42 Å². The molecule has 1 aliphatic heterocycles. The lowest BCUT2D eigenvalue weighted by Crippen LogP contribution is -2.14. The number of nitrogens with one attached hydrogen (secondary N) is 2. The summed E-state index contributed by atoms with van der Waals surface area (Å²) >= 11 is 3.27. The summed E-state index contributed by atoms with van der Waals surface area (Å²) in [5, 5.41) is 2.70. The SMILES string of the molecule is CCc1ccc(NS(=O)(=O)c2cc3c(cc2Br)NC(=O)CCO3)cc1. The fourth-order valence-corrected chi connectivity index (χ4v) is 4.56. The Hall–Kier alpha value is -2.06. The summed E-state index contributed by atoms with van der Waals surface area (Å²) in [6.07, 6.45) is 1.10. The molecule has 0 saturated heterocycles. The number of sulfonamides is 1. The molecule has 2 N–H and O–H groups in total. The summed E-state index contributed by atoms with van der Waals surface area (Å²) in [4.78, 5) is 11.6. The highest BCUT2D eigenvalue weighted by Crippen LogP contribution is 2.36. The zero-order chi connectivity index (χ0) is 18.0. The quantitative estimate of drug-likeness (QED) is 0.785. The number of fused-ring (bicyclic) bond motifs is 1. The number of ether oxygens (including phenoxy) is 1. The van der Waals surface area contributed by atoms with Gasteiger partial charge in [0, 0.05) is 16.2 Å². The molecular formula is C17H17BrN2O4S. The first-order valence-electron chi connectivity index (χ1n) is 7.77. The van der Waals surface area contributed by atoms with E-state index in [-0.39, 0.29) is 23.8 Å². The van der Waals surface area contributed by atoms with Crippen LogP contribution in [0.15, 0.2) is 45.8 Å². The zero-order valence-electron chi connectivity index (χ0n) is 13.5. The van der Waals surface area contributed by atoms with E-state index in [0.29, 0.717) is 21.6 Å². The van der Waals surface area contributed by atoms with Crippen molar-refractivity contribution >= 4 is 43.2 Å². The van der Waals surface area contributed by atoms with E-state index >= 15 is 0 Å². The lowest BCUT2D eigenvalue weighted by Gasteiger charge is -2.14. The maximum absolute atomic E-state index is 12.7. The topological polar surface area (TPSA) is 84.5 Å². The predicted molar refractivity (Wildman–Crippen MR) is 99.5 cm³/mol. The molecule has 0 bridgehead atoms. The van der Waals surface area contributed by atoms with Crippen molar-refractivity contribution in [3.63, 3.8) is 0 Å². The van der Waals surface area contributed by atoms with E-state index in [1.165, 1.54) is 12.1 Å². The van der Waals surface area contributed by atoms with Crippen molar-refractivity contribution in [2.75, 3.05) is 16.6 Å². The molecule has 0 saturated carbocycles. The Kier molecular flexibility index (Phi) is 5.01. The van der Waals surface area contributed by atoms with E-state index in [4.69, 9.17) is 4.74 Å². The predicted octanol–water partition coefficient (Wildman–Crippen LogP) is 3.53. The Morgan fingerprint density at radius 3 is 2.64 bits per heavy atom. The Balaban J connectivity index is 1.93. The molecule has 6 nitrogen and oxygen atoms in total. The summed E-state index contributed by atoms with van der Waals surface area (Å²) in [6.45, 7) is 2.23. The standard InChI is InChI=1S/C17H17BrN2O4S/c1-2-11-3-5-12(6-4-11)20-25(22,23)16-10-15-14(9-13(16)18)19-17(21)7-8-24-15/h3-6,9-10,20H,2,7-8H2,1H3,(H,19,21). The molecule has 3 rings (SSSR count). The lowest BCUT2D eigenvalue weighted by molar-refractivity contribution is -0.116. The lowest BCUT2D eigenvalue weighted by atomic mass is 10.2. The maximum atomic E-state index is 12.7. The Morgan fingerprint density at radius 1 is 1.24 bits per heavy atom. The smallest absolute Gasteiger partial charge is 0.263 e. The first-order valence-corrected chi connectivity index (χ1v) is 10.0. The molecule has 1 heterocycles. The monoisotopic (exact) mass is 424 g/mol. The average Bonchev–Trinajstić information content (AvgIpc) is 2.74. The number of hydrogen-bond donors (Lipinski definition) is 2. The highest BCUT2D eigenvalue weighted by molar-refractivity contribution is 9.10. The fourth-order valence-electron chi connectivity index (χ4n) is 2.44. The number of halogens is 1. The van der Waals surface area contributed by atoms with Crippen molar-refractivity contribution in [1.29, 1.82) is 0 Å². The van der Waals surface area contributed by atoms with Crippen LogP contribution < -0.4 is 14.8 Å². The molecule has 0 aliphatic carbocycles. The number of carbonyl (C=O) groups is 1. The van der Waals surface area contributed by atoms with Gasteiger partial charge >= 0.3 is 0 Å². The summed E-state index contributed by atoms with van der Waals surface area (Å²) in [5.41, 5.74) is 2.05. The molecule has 2 aromatic rings. The minimum absolute atomic E-state index is 0.0435. The molecule has 132 valence electrons. The number of carbonyl (C=O) groups excluding carboxylic acids is 1. The van der Waals surface area contributed by atoms with Gasteiger partial charge in [0.2, 0.25) is 5.91 Å². The Morgan fingerprint density at radius 2 is 1.96 bits per heavy atom. The number of amides is 1. The van der Waals surface area contributed by atoms with Crippen molar-refractivity contribution < 1.29 is 17.9 Å². The molecular weight excluding hydrogens is 408 g/mol. The molecule has 0 radical (unpaired) electrons. The summed E-state index contributed by atoms with van der Waals surface area (Å²) in [7, 11) is -3.81. The minimum Gasteiger partial charge on any atom is -0.491 e. The van der Waals surface area contributed by atoms with Crippen molar-refractivity contribution in [2.24, 2.45) is 0 Å². The number of aryl methyl sites for hydroxylation is 1. The Bertz CT molecular complexity index is 911. The zero-order valence-corrected chi connectivity index (χ0v) is 15.9. The molecule has 8 heteroatoms. The summed E-state index contributed by atoms with van der Waals surface area (Å²) in [5.74, 6) is 0.158. The largest absolute Gasteiger partial charge is 0.491 e. The molecule has 25 heavy (non-hydrogen) atoms. The van der Waals surface area contributed by atoms with E-state index in [1.807, 2.05) is 19.1 Å². The normalized spacial score (nSPS) is 14.1. The first kappa shape index (κ1) is 17.8. The van der Waals surface area contributed by atoms with E-state index in [2.05, 4.69) is 26.0 Å². The molecule has 1 amide bonds. The second kappa shape index (κ2) is 7.05. The molecule has 0 atom stereocenters. The van der Waals surface area contributed by atoms with Gasteiger partial charge in [0.25, 0.3) is 10.0 Å². The van der Waals surface area contributed by atoms with Crippen molar-refractivity contribution in [2.45, 2.75) is 24.7 Å². The van der Waals surface area contributed by atoms with E-state index in [0.717, 1.165) is 12.0 Å². The van der Waals surface area contributed by atoms with Gasteiger partial charge in [-0.3, -0.25) is 9.52 Å². The van der Waals surface area contributed by atoms with E-state index in [1.54, 1.807) is 12.1 Å². The van der Waals surface area contributed by atoms with Gasteiger partial charge in [0.05, 0.1) is 18.7 Å². The third kappa shape index (κ3) is 3.96. The summed E-state index contributed by atoms with van der Waals surface area (Å²) < 4.78 is 33.9. The van der Waals surface area contributed by atoms with Crippen molar-refractivity contribution in [3.8, 4) is 5.75 Å². The maximum Gasteiger partial charge on any atom is 0.263 e. The van der Waals surface area contributed by atoms with Gasteiger partial charge < -0.3 is 10.1 Å². The van der Waals surface area contributed by atoms with Crippen LogP contribution in [-0.2, 0) is 21.2 Å². The second-order valence-corrected chi connectivity index (χ2v) is 8.09. The third-order valence-electron chi connectivity index (χ3n) is 3.80. The summed E-state index contributed by atoms with van der Waals surface area (Å²) in [6, 6.07) is 10.2. The molecule has 0 fully saturated rings. The molecule has 1 aliphatic rings. The van der Waals surface area contributed by atoms with Crippen LogP contribution in [0.2, 0.25) is 0 Å². The van der Waals surface area contributed by atoms with Crippen molar-refractivity contribution in [3.05, 3.63) is 46.4 Å². The van der Waals surface area contributed by atoms with Crippen LogP contribution in [0.25, 0.3) is 0 Å². The van der Waals surface area contributed by atoms with Gasteiger partial charge in [-0.2, -0.15) is 0 Å². The molecule has 2 aromatic carbocycles. The van der Waals surface area contributed by atoms with Crippen molar-refractivity contribution in [1.82, 2.24) is 0 Å². The van der Waals surface area contributed by atoms with Crippen LogP contribution in [-0.4, -0.2) is 20.9 Å². The average molecular weight is 425 g/mol. The van der Waals surface area contributed by atoms with Crippen LogP contribution in [0.4, 0.5) is 11.4 Å². The van der Waals surface area contributed by atoms with Gasteiger partial charge in [-0.05, 0) is 46.1 Å². The number of rotatable bonds is 4. The molecule has 0 unspecified atom stereocenters. The van der Waals surface area contributed by atoms with Crippen LogP contribution in [0.1, 0.15) is 18.9 Å². The minimum atomic E-state index is -3.81. The van der Waals surface area contributed by atoms with Crippen LogP contribution in [0, 0.1) is 0 Å². The van der Waals surface area contributed by atoms with Crippen LogP contribution in [0.3, 0.4) is 0 Å². The first-order chi connectivity index (χ1) is 11.9. The highest BCUT2D eigenvalue weighted by atomic mass is 79.9. The highest BCUT2D eigenvalue weighted by Gasteiger charge is 2.23. The number of benzene rings is 2. The van der Waals surface area contributed by atoms with E-state index in [9.17, 15) is 13.2 Å². The molecule has 0 aromatic heterocycles. The number of anilines is 2. The van der Waals surface area contributed by atoms with Gasteiger partial charge in [0.15, 0.2) is 0 Å². The van der Waals surface area contributed by atoms with E-state index < -0.39 is 10.0 Å². The third-order valence-corrected chi connectivity index (χ3v) is 6.14. The van der Waals surface area contributed by atoms with Crippen LogP contribution in [0.5, 0.6) is 5.75 Å². The number of hydrogen-bond acceptors (Lipinski definition) is 4. The Labute approximate surface area is 154 Å². The van der Waals surface area contributed by atoms with Crippen LogP contribution >= 0.6 is 15.9 Å². The van der Waals surface area contributed by atoms with Gasteiger partial charge in [-0.1, -0.05) is 19.1 Å².